The van der Waals surface area contributed by atoms with Gasteiger partial charge in [0.2, 0.25) is 5.76 Å². The van der Waals surface area contributed by atoms with Crippen molar-refractivity contribution in [3.05, 3.63) is 46.8 Å². The van der Waals surface area contributed by atoms with Crippen molar-refractivity contribution in [1.29, 1.82) is 0 Å². The number of aliphatic hydroxyl groups is 1. The van der Waals surface area contributed by atoms with Gasteiger partial charge in [-0.25, -0.2) is 8.78 Å². The van der Waals surface area contributed by atoms with E-state index in [0.717, 1.165) is 36.5 Å². The molecule has 1 heterocycles. The van der Waals surface area contributed by atoms with Crippen LogP contribution in [0.3, 0.4) is 0 Å². The summed E-state index contributed by atoms with van der Waals surface area (Å²) in [5.41, 5.74) is 0.853. The number of hydrogen-bond donors (Lipinski definition) is 3. The van der Waals surface area contributed by atoms with Gasteiger partial charge in [-0.1, -0.05) is 30.5 Å². The van der Waals surface area contributed by atoms with Gasteiger partial charge in [-0.2, -0.15) is 0 Å². The van der Waals surface area contributed by atoms with E-state index in [1.807, 2.05) is 26.0 Å². The molecule has 2 aromatic rings. The molecule has 3 N–H and O–H groups in total. The van der Waals surface area contributed by atoms with E-state index in [1.165, 1.54) is 0 Å². The maximum atomic E-state index is 12.8. The Hall–Kier alpha value is -3.01. The number of hydrogen-bond acceptors (Lipinski definition) is 6. The Bertz CT molecular complexity index is 989. The first kappa shape index (κ1) is 25.6. The van der Waals surface area contributed by atoms with Crippen molar-refractivity contribution in [1.82, 2.24) is 15.8 Å². The zero-order valence-electron chi connectivity index (χ0n) is 19.4. The molecular weight excluding hydrogens is 448 g/mol. The minimum atomic E-state index is -2.83. The van der Waals surface area contributed by atoms with Crippen molar-refractivity contribution in [3.63, 3.8) is 0 Å². The second kappa shape index (κ2) is 11.4. The number of aromatic nitrogens is 1. The second-order valence-corrected chi connectivity index (χ2v) is 8.91. The fraction of sp³-hybridized carbons (Fsp3) is 0.542. The summed E-state index contributed by atoms with van der Waals surface area (Å²) in [4.78, 5) is 24.8. The van der Waals surface area contributed by atoms with Crippen LogP contribution in [0.1, 0.15) is 72.3 Å². The number of ether oxygens (including phenoxy) is 1. The maximum Gasteiger partial charge on any atom is 0.290 e. The summed E-state index contributed by atoms with van der Waals surface area (Å²) in [6.07, 6.45) is 0.383. The number of aliphatic hydroxyl groups excluding tert-OH is 1. The second-order valence-electron chi connectivity index (χ2n) is 8.91. The highest BCUT2D eigenvalue weighted by Crippen LogP contribution is 2.32. The molecule has 0 spiro atoms. The minimum absolute atomic E-state index is 0.00935. The van der Waals surface area contributed by atoms with Crippen LogP contribution in [-0.4, -0.2) is 46.9 Å². The largest absolute Gasteiger partial charge is 0.484 e. The highest BCUT2D eigenvalue weighted by molar-refractivity contribution is 5.92. The van der Waals surface area contributed by atoms with Crippen LogP contribution in [0, 0.1) is 13.8 Å². The van der Waals surface area contributed by atoms with E-state index in [-0.39, 0.29) is 31.2 Å². The van der Waals surface area contributed by atoms with E-state index in [9.17, 15) is 23.5 Å². The van der Waals surface area contributed by atoms with Crippen LogP contribution in [0.25, 0.3) is 0 Å². The Morgan fingerprint density at radius 3 is 2.56 bits per heavy atom. The Morgan fingerprint density at radius 2 is 1.91 bits per heavy atom. The lowest BCUT2D eigenvalue weighted by molar-refractivity contribution is -0.123. The lowest BCUT2D eigenvalue weighted by atomic mass is 9.77. The molecule has 1 aromatic carbocycles. The van der Waals surface area contributed by atoms with Crippen LogP contribution in [-0.2, 0) is 4.79 Å². The Kier molecular flexibility index (Phi) is 8.60. The number of amides is 2. The van der Waals surface area contributed by atoms with Crippen LogP contribution in [0.15, 0.2) is 28.8 Å². The van der Waals surface area contributed by atoms with Crippen molar-refractivity contribution < 1.29 is 32.7 Å². The standard InChI is InChI=1S/C24H31F2N3O5/c1-15-6-7-18(10-16(15)2)33-14-21(31)27-13-17(30)12-24(8-4-3-5-9-24)28-23(32)20-11-19(22(25)26)29-34-20/h6-7,10-11,17,22,30H,3-5,8-9,12-14H2,1-2H3,(H,27,31)(H,28,32)/t17-/m0/s1. The number of halogens is 2. The molecule has 1 saturated carbocycles. The highest BCUT2D eigenvalue weighted by Gasteiger charge is 2.37. The van der Waals surface area contributed by atoms with Gasteiger partial charge in [0.1, 0.15) is 5.75 Å². The summed E-state index contributed by atoms with van der Waals surface area (Å²) < 4.78 is 35.8. The summed E-state index contributed by atoms with van der Waals surface area (Å²) in [6, 6.07) is 6.48. The van der Waals surface area contributed by atoms with Gasteiger partial charge in [0.25, 0.3) is 18.2 Å². The fourth-order valence-electron chi connectivity index (χ4n) is 4.17. The Morgan fingerprint density at radius 1 is 1.18 bits per heavy atom. The van der Waals surface area contributed by atoms with E-state index >= 15 is 0 Å². The Labute approximate surface area is 197 Å². The molecule has 1 atom stereocenters. The Balaban J connectivity index is 1.51. The monoisotopic (exact) mass is 479 g/mol. The van der Waals surface area contributed by atoms with Gasteiger partial charge in [-0.15, -0.1) is 0 Å². The van der Waals surface area contributed by atoms with Gasteiger partial charge in [0, 0.05) is 18.2 Å². The lowest BCUT2D eigenvalue weighted by Crippen LogP contribution is -2.53. The molecule has 3 rings (SSSR count). The topological polar surface area (TPSA) is 114 Å². The van der Waals surface area contributed by atoms with Crippen molar-refractivity contribution in [2.24, 2.45) is 0 Å². The molecule has 0 saturated heterocycles. The van der Waals surface area contributed by atoms with E-state index < -0.39 is 29.7 Å². The molecule has 0 aliphatic heterocycles. The number of aryl methyl sites for hydroxylation is 2. The van der Waals surface area contributed by atoms with Gasteiger partial charge >= 0.3 is 0 Å². The average molecular weight is 480 g/mol. The van der Waals surface area contributed by atoms with Crippen LogP contribution in [0.2, 0.25) is 0 Å². The van der Waals surface area contributed by atoms with E-state index in [1.54, 1.807) is 6.07 Å². The molecule has 1 aliphatic carbocycles. The third-order valence-electron chi connectivity index (χ3n) is 6.17. The SMILES string of the molecule is Cc1ccc(OCC(=O)NC[C@@H](O)CC2(NC(=O)c3cc(C(F)F)no3)CCCCC2)cc1C. The predicted molar refractivity (Wildman–Crippen MR) is 120 cm³/mol. The van der Waals surface area contributed by atoms with Gasteiger partial charge in [-0.05, 0) is 56.4 Å². The third kappa shape index (κ3) is 6.99. The quantitative estimate of drug-likeness (QED) is 0.480. The van der Waals surface area contributed by atoms with Gasteiger partial charge in [0.15, 0.2) is 12.3 Å². The first-order valence-corrected chi connectivity index (χ1v) is 11.4. The molecule has 1 aromatic heterocycles. The third-order valence-corrected chi connectivity index (χ3v) is 6.17. The summed E-state index contributed by atoms with van der Waals surface area (Å²) in [5, 5.41) is 19.3. The van der Waals surface area contributed by atoms with Crippen molar-refractivity contribution >= 4 is 11.8 Å². The van der Waals surface area contributed by atoms with Gasteiger partial charge in [-0.3, -0.25) is 9.59 Å². The number of rotatable bonds is 10. The highest BCUT2D eigenvalue weighted by atomic mass is 19.3. The van der Waals surface area contributed by atoms with E-state index in [4.69, 9.17) is 9.26 Å². The summed E-state index contributed by atoms with van der Waals surface area (Å²) >= 11 is 0. The van der Waals surface area contributed by atoms with Crippen LogP contribution >= 0.6 is 0 Å². The fourth-order valence-corrected chi connectivity index (χ4v) is 4.17. The lowest BCUT2D eigenvalue weighted by Gasteiger charge is -2.39. The van der Waals surface area contributed by atoms with E-state index in [2.05, 4.69) is 15.8 Å². The first-order chi connectivity index (χ1) is 16.2. The molecular formula is C24H31F2N3O5. The van der Waals surface area contributed by atoms with E-state index in [0.29, 0.717) is 18.6 Å². The minimum Gasteiger partial charge on any atom is -0.484 e. The van der Waals surface area contributed by atoms with Gasteiger partial charge in [0.05, 0.1) is 6.10 Å². The van der Waals surface area contributed by atoms with Crippen molar-refractivity contribution in [2.45, 2.75) is 70.4 Å². The molecule has 10 heteroatoms. The molecule has 34 heavy (non-hydrogen) atoms. The molecule has 1 aliphatic rings. The molecule has 0 radical (unpaired) electrons. The van der Waals surface area contributed by atoms with Crippen LogP contribution in [0.5, 0.6) is 5.75 Å². The summed E-state index contributed by atoms with van der Waals surface area (Å²) in [6.45, 7) is 3.75. The van der Waals surface area contributed by atoms with Crippen molar-refractivity contribution in [3.8, 4) is 5.75 Å². The molecule has 2 amide bonds. The summed E-state index contributed by atoms with van der Waals surface area (Å²) in [7, 11) is 0. The van der Waals surface area contributed by atoms with Crippen molar-refractivity contribution in [2.75, 3.05) is 13.2 Å². The number of nitrogens with zero attached hydrogens (tertiary/aromatic N) is 1. The number of carbonyl (C=O) groups is 2. The maximum absolute atomic E-state index is 12.8. The molecule has 0 bridgehead atoms. The molecule has 1 fully saturated rings. The number of alkyl halides is 2. The van der Waals surface area contributed by atoms with Gasteiger partial charge < -0.3 is 25.0 Å². The molecule has 8 nitrogen and oxygen atoms in total. The predicted octanol–water partition coefficient (Wildman–Crippen LogP) is 3.61. The average Bonchev–Trinajstić information content (AvgIpc) is 3.30. The zero-order chi connectivity index (χ0) is 24.7. The summed E-state index contributed by atoms with van der Waals surface area (Å²) in [5.74, 6) is -0.740. The number of benzene rings is 1. The molecule has 0 unspecified atom stereocenters. The smallest absolute Gasteiger partial charge is 0.290 e. The number of carbonyl (C=O) groups excluding carboxylic acids is 2. The normalized spacial score (nSPS) is 16.2. The van der Waals surface area contributed by atoms with Crippen LogP contribution in [0.4, 0.5) is 8.78 Å². The zero-order valence-corrected chi connectivity index (χ0v) is 19.4. The molecule has 186 valence electrons. The van der Waals surface area contributed by atoms with Crippen LogP contribution < -0.4 is 15.4 Å². The first-order valence-electron chi connectivity index (χ1n) is 11.4. The number of nitrogens with one attached hydrogen (secondary N) is 2.